The second-order valence-corrected chi connectivity index (χ2v) is 3.75. The van der Waals surface area contributed by atoms with Crippen molar-refractivity contribution >= 4 is 22.3 Å². The number of rotatable bonds is 1. The number of carboxylic acid groups (broad SMARTS) is 1. The zero-order valence-corrected chi connectivity index (χ0v) is 8.13. The van der Waals surface area contributed by atoms with E-state index in [2.05, 4.69) is 10.9 Å². The summed E-state index contributed by atoms with van der Waals surface area (Å²) >= 11 is 1.11. The molecule has 2 heterocycles. The normalized spacial score (nSPS) is 10.3. The van der Waals surface area contributed by atoms with Gasteiger partial charge < -0.3 is 5.11 Å². The van der Waals surface area contributed by atoms with Crippen LogP contribution in [0.15, 0.2) is 6.20 Å². The van der Waals surface area contributed by atoms with Crippen LogP contribution in [0.3, 0.4) is 0 Å². The fourth-order valence-corrected chi connectivity index (χ4v) is 2.06. The standard InChI is InChI=1S/C9H6N2O2S/c1-3-6-5(2)11-4-7(8(12)13)14-9(11)10-6/h1,4H,2H3,(H,12,13). The number of imidazole rings is 1. The van der Waals surface area contributed by atoms with Crippen LogP contribution in [0.1, 0.15) is 21.1 Å². The monoisotopic (exact) mass is 206 g/mol. The molecule has 0 saturated carbocycles. The summed E-state index contributed by atoms with van der Waals surface area (Å²) in [6.07, 6.45) is 6.77. The van der Waals surface area contributed by atoms with Gasteiger partial charge in [-0.15, -0.1) is 6.42 Å². The molecule has 4 nitrogen and oxygen atoms in total. The van der Waals surface area contributed by atoms with E-state index in [4.69, 9.17) is 11.5 Å². The minimum atomic E-state index is -0.942. The smallest absolute Gasteiger partial charge is 0.347 e. The van der Waals surface area contributed by atoms with Gasteiger partial charge in [-0.05, 0) is 12.8 Å². The van der Waals surface area contributed by atoms with Gasteiger partial charge in [0.1, 0.15) is 10.6 Å². The average Bonchev–Trinajstić information content (AvgIpc) is 2.66. The summed E-state index contributed by atoms with van der Waals surface area (Å²) in [6, 6.07) is 0. The Morgan fingerprint density at radius 2 is 2.50 bits per heavy atom. The number of fused-ring (bicyclic) bond motifs is 1. The molecule has 0 aliphatic carbocycles. The van der Waals surface area contributed by atoms with Gasteiger partial charge in [0.25, 0.3) is 0 Å². The maximum atomic E-state index is 10.7. The van der Waals surface area contributed by atoms with Gasteiger partial charge >= 0.3 is 5.97 Å². The van der Waals surface area contributed by atoms with Crippen molar-refractivity contribution in [3.8, 4) is 12.3 Å². The predicted molar refractivity (Wildman–Crippen MR) is 52.7 cm³/mol. The van der Waals surface area contributed by atoms with E-state index in [0.717, 1.165) is 17.0 Å². The summed E-state index contributed by atoms with van der Waals surface area (Å²) in [6.45, 7) is 1.81. The summed E-state index contributed by atoms with van der Waals surface area (Å²) in [7, 11) is 0. The Morgan fingerprint density at radius 1 is 1.79 bits per heavy atom. The molecule has 0 radical (unpaired) electrons. The lowest BCUT2D eigenvalue weighted by Gasteiger charge is -1.87. The van der Waals surface area contributed by atoms with Crippen LogP contribution in [0.4, 0.5) is 0 Å². The van der Waals surface area contributed by atoms with Crippen molar-refractivity contribution in [1.29, 1.82) is 0 Å². The maximum Gasteiger partial charge on any atom is 0.347 e. The highest BCUT2D eigenvalue weighted by atomic mass is 32.1. The van der Waals surface area contributed by atoms with E-state index in [1.54, 1.807) is 4.40 Å². The average molecular weight is 206 g/mol. The third-order valence-electron chi connectivity index (χ3n) is 1.91. The fraction of sp³-hybridized carbons (Fsp3) is 0.111. The Bertz CT molecular complexity index is 559. The van der Waals surface area contributed by atoms with E-state index in [-0.39, 0.29) is 4.88 Å². The van der Waals surface area contributed by atoms with E-state index in [0.29, 0.717) is 10.7 Å². The third kappa shape index (κ3) is 1.09. The number of nitrogens with zero attached hydrogens (tertiary/aromatic N) is 2. The summed E-state index contributed by atoms with van der Waals surface area (Å²) in [5, 5.41) is 8.75. The minimum absolute atomic E-state index is 0.263. The maximum absolute atomic E-state index is 10.7. The van der Waals surface area contributed by atoms with Crippen molar-refractivity contribution in [1.82, 2.24) is 9.38 Å². The highest BCUT2D eigenvalue weighted by molar-refractivity contribution is 7.18. The summed E-state index contributed by atoms with van der Waals surface area (Å²) < 4.78 is 1.70. The van der Waals surface area contributed by atoms with Crippen LogP contribution < -0.4 is 0 Å². The summed E-state index contributed by atoms with van der Waals surface area (Å²) in [5.41, 5.74) is 1.36. The number of aromatic nitrogens is 2. The first-order chi connectivity index (χ1) is 6.63. The topological polar surface area (TPSA) is 54.6 Å². The van der Waals surface area contributed by atoms with Crippen LogP contribution in [-0.4, -0.2) is 20.5 Å². The molecular weight excluding hydrogens is 200 g/mol. The van der Waals surface area contributed by atoms with Gasteiger partial charge in [-0.25, -0.2) is 9.78 Å². The number of carboxylic acids is 1. The van der Waals surface area contributed by atoms with Gasteiger partial charge in [-0.2, -0.15) is 0 Å². The first-order valence-corrected chi connectivity index (χ1v) is 4.63. The van der Waals surface area contributed by atoms with Gasteiger partial charge in [-0.1, -0.05) is 11.3 Å². The largest absolute Gasteiger partial charge is 0.477 e. The van der Waals surface area contributed by atoms with Crippen molar-refractivity contribution in [3.63, 3.8) is 0 Å². The van der Waals surface area contributed by atoms with Gasteiger partial charge in [-0.3, -0.25) is 4.40 Å². The molecule has 2 aromatic rings. The van der Waals surface area contributed by atoms with E-state index in [1.807, 2.05) is 6.92 Å². The molecule has 0 unspecified atom stereocenters. The van der Waals surface area contributed by atoms with Crippen molar-refractivity contribution in [3.05, 3.63) is 22.5 Å². The van der Waals surface area contributed by atoms with Crippen LogP contribution in [0.5, 0.6) is 0 Å². The molecule has 0 aliphatic rings. The Kier molecular flexibility index (Phi) is 1.79. The Balaban J connectivity index is 2.72. The molecule has 2 rings (SSSR count). The zero-order valence-electron chi connectivity index (χ0n) is 7.31. The number of aromatic carboxylic acids is 1. The molecule has 1 N–H and O–H groups in total. The Morgan fingerprint density at radius 3 is 3.00 bits per heavy atom. The second kappa shape index (κ2) is 2.86. The predicted octanol–water partition coefficient (Wildman–Crippen LogP) is 1.38. The van der Waals surface area contributed by atoms with Crippen LogP contribution in [0, 0.1) is 19.3 Å². The first-order valence-electron chi connectivity index (χ1n) is 3.82. The van der Waals surface area contributed by atoms with Crippen LogP contribution >= 0.6 is 11.3 Å². The molecule has 2 aromatic heterocycles. The van der Waals surface area contributed by atoms with Gasteiger partial charge in [0.15, 0.2) is 4.96 Å². The number of hydrogen-bond donors (Lipinski definition) is 1. The number of aryl methyl sites for hydroxylation is 1. The second-order valence-electron chi connectivity index (χ2n) is 2.74. The lowest BCUT2D eigenvalue weighted by atomic mass is 10.3. The summed E-state index contributed by atoms with van der Waals surface area (Å²) in [4.78, 5) is 15.7. The summed E-state index contributed by atoms with van der Waals surface area (Å²) in [5.74, 6) is 1.50. The Hall–Kier alpha value is -1.80. The highest BCUT2D eigenvalue weighted by Crippen LogP contribution is 2.20. The molecule has 0 spiro atoms. The molecule has 0 amide bonds. The quantitative estimate of drug-likeness (QED) is 0.717. The Labute approximate surface area is 83.8 Å². The first kappa shape index (κ1) is 8.78. The van der Waals surface area contributed by atoms with E-state index in [1.165, 1.54) is 6.20 Å². The van der Waals surface area contributed by atoms with Crippen LogP contribution in [-0.2, 0) is 0 Å². The zero-order chi connectivity index (χ0) is 10.3. The van der Waals surface area contributed by atoms with E-state index in [9.17, 15) is 4.79 Å². The molecule has 0 fully saturated rings. The minimum Gasteiger partial charge on any atom is -0.477 e. The fourth-order valence-electron chi connectivity index (χ4n) is 1.19. The molecule has 0 aliphatic heterocycles. The molecule has 0 saturated heterocycles. The van der Waals surface area contributed by atoms with Gasteiger partial charge in [0.05, 0.1) is 5.69 Å². The van der Waals surface area contributed by atoms with Crippen LogP contribution in [0.25, 0.3) is 4.96 Å². The molecule has 0 bridgehead atoms. The SMILES string of the molecule is C#Cc1nc2sc(C(=O)O)cn2c1C. The molecular formula is C9H6N2O2S. The lowest BCUT2D eigenvalue weighted by Crippen LogP contribution is -1.92. The van der Waals surface area contributed by atoms with E-state index < -0.39 is 5.97 Å². The van der Waals surface area contributed by atoms with Gasteiger partial charge in [0.2, 0.25) is 0 Å². The number of thiazole rings is 1. The van der Waals surface area contributed by atoms with Gasteiger partial charge in [0, 0.05) is 6.20 Å². The van der Waals surface area contributed by atoms with E-state index >= 15 is 0 Å². The molecule has 0 atom stereocenters. The molecule has 70 valence electrons. The number of terminal acetylenes is 1. The van der Waals surface area contributed by atoms with Crippen molar-refractivity contribution < 1.29 is 9.90 Å². The molecule has 14 heavy (non-hydrogen) atoms. The highest BCUT2D eigenvalue weighted by Gasteiger charge is 2.13. The molecule has 5 heteroatoms. The van der Waals surface area contributed by atoms with Crippen molar-refractivity contribution in [2.45, 2.75) is 6.92 Å². The third-order valence-corrected chi connectivity index (χ3v) is 2.88. The number of carbonyl (C=O) groups is 1. The van der Waals surface area contributed by atoms with Crippen molar-refractivity contribution in [2.75, 3.05) is 0 Å². The molecule has 0 aromatic carbocycles. The van der Waals surface area contributed by atoms with Crippen molar-refractivity contribution in [2.24, 2.45) is 0 Å². The van der Waals surface area contributed by atoms with Crippen LogP contribution in [0.2, 0.25) is 0 Å². The lowest BCUT2D eigenvalue weighted by molar-refractivity contribution is 0.0702. The number of hydrogen-bond acceptors (Lipinski definition) is 3.